The number of carbonyl (C=O) groups excluding carboxylic acids is 1. The lowest BCUT2D eigenvalue weighted by Crippen LogP contribution is -2.45. The number of anilines is 2. The van der Waals surface area contributed by atoms with E-state index in [1.54, 1.807) is 12.4 Å². The number of nitrogens with zero attached hydrogens (tertiary/aromatic N) is 3. The van der Waals surface area contributed by atoms with Crippen molar-refractivity contribution in [2.75, 3.05) is 22.9 Å². The molecule has 0 unspecified atom stereocenters. The smallest absolute Gasteiger partial charge is 0.258 e. The van der Waals surface area contributed by atoms with E-state index in [1.807, 2.05) is 24.0 Å². The molecular weight excluding hydrogens is 274 g/mol. The van der Waals surface area contributed by atoms with E-state index < -0.39 is 0 Å². The van der Waals surface area contributed by atoms with Crippen LogP contribution >= 0.6 is 0 Å². The van der Waals surface area contributed by atoms with Crippen molar-refractivity contribution in [2.45, 2.75) is 25.8 Å². The number of aryl methyl sites for hydroxylation is 1. The number of hydrogen-bond donors (Lipinski definition) is 0. The van der Waals surface area contributed by atoms with Gasteiger partial charge in [0.2, 0.25) is 0 Å². The van der Waals surface area contributed by atoms with E-state index in [9.17, 15) is 4.79 Å². The Balaban J connectivity index is 1.72. The highest BCUT2D eigenvalue weighted by Gasteiger charge is 2.35. The molecule has 112 valence electrons. The maximum absolute atomic E-state index is 13.0. The van der Waals surface area contributed by atoms with Gasteiger partial charge in [0.05, 0.1) is 11.4 Å². The minimum absolute atomic E-state index is 0.0720. The SMILES string of the molecule is Cc1cnccc1C(=O)N1CCN(C2CC2)c2ccccc21. The number of pyridine rings is 1. The minimum Gasteiger partial charge on any atom is -0.365 e. The standard InChI is InChI=1S/C18H19N3O/c1-13-12-19-9-8-15(13)18(22)21-11-10-20(14-6-7-14)16-4-2-3-5-17(16)21/h2-5,8-9,12,14H,6-7,10-11H2,1H3. The molecule has 1 amide bonds. The molecule has 2 aromatic rings. The van der Waals surface area contributed by atoms with Crippen LogP contribution in [0, 0.1) is 6.92 Å². The Kier molecular flexibility index (Phi) is 3.10. The van der Waals surface area contributed by atoms with Crippen LogP contribution in [-0.2, 0) is 0 Å². The second kappa shape index (κ2) is 5.13. The molecule has 0 saturated heterocycles. The average molecular weight is 293 g/mol. The lowest BCUT2D eigenvalue weighted by Gasteiger charge is -2.38. The highest BCUT2D eigenvalue weighted by molar-refractivity contribution is 6.09. The van der Waals surface area contributed by atoms with E-state index in [-0.39, 0.29) is 5.91 Å². The van der Waals surface area contributed by atoms with Gasteiger partial charge >= 0.3 is 0 Å². The Morgan fingerprint density at radius 1 is 1.14 bits per heavy atom. The van der Waals surface area contributed by atoms with Crippen LogP contribution in [0.15, 0.2) is 42.7 Å². The Bertz CT molecular complexity index is 724. The van der Waals surface area contributed by atoms with Crippen molar-refractivity contribution in [1.29, 1.82) is 0 Å². The van der Waals surface area contributed by atoms with Gasteiger partial charge in [-0.1, -0.05) is 12.1 Å². The van der Waals surface area contributed by atoms with Crippen LogP contribution in [-0.4, -0.2) is 30.0 Å². The van der Waals surface area contributed by atoms with Crippen LogP contribution in [0.2, 0.25) is 0 Å². The van der Waals surface area contributed by atoms with Crippen LogP contribution in [0.3, 0.4) is 0 Å². The predicted molar refractivity (Wildman–Crippen MR) is 87.5 cm³/mol. The molecule has 0 radical (unpaired) electrons. The first-order valence-corrected chi connectivity index (χ1v) is 7.84. The van der Waals surface area contributed by atoms with E-state index in [2.05, 4.69) is 28.1 Å². The quantitative estimate of drug-likeness (QED) is 0.854. The maximum atomic E-state index is 13.0. The summed E-state index contributed by atoms with van der Waals surface area (Å²) in [5.74, 6) is 0.0720. The molecule has 4 nitrogen and oxygen atoms in total. The summed E-state index contributed by atoms with van der Waals surface area (Å²) in [6.45, 7) is 3.60. The summed E-state index contributed by atoms with van der Waals surface area (Å²) in [6, 6.07) is 10.7. The number of rotatable bonds is 2. The van der Waals surface area contributed by atoms with Gasteiger partial charge in [-0.05, 0) is 43.5 Å². The Morgan fingerprint density at radius 3 is 2.64 bits per heavy atom. The lowest BCUT2D eigenvalue weighted by atomic mass is 10.1. The van der Waals surface area contributed by atoms with Gasteiger partial charge in [-0.2, -0.15) is 0 Å². The first-order valence-electron chi connectivity index (χ1n) is 7.84. The minimum atomic E-state index is 0.0720. The highest BCUT2D eigenvalue weighted by Crippen LogP contribution is 2.40. The Morgan fingerprint density at radius 2 is 1.91 bits per heavy atom. The number of amides is 1. The van der Waals surface area contributed by atoms with Crippen molar-refractivity contribution < 1.29 is 4.79 Å². The number of aromatic nitrogens is 1. The van der Waals surface area contributed by atoms with Crippen molar-refractivity contribution in [1.82, 2.24) is 4.98 Å². The normalized spacial score (nSPS) is 17.3. The summed E-state index contributed by atoms with van der Waals surface area (Å²) in [7, 11) is 0. The lowest BCUT2D eigenvalue weighted by molar-refractivity contribution is 0.0986. The summed E-state index contributed by atoms with van der Waals surface area (Å²) in [5.41, 5.74) is 3.89. The van der Waals surface area contributed by atoms with Crippen LogP contribution in [0.1, 0.15) is 28.8 Å². The predicted octanol–water partition coefficient (Wildman–Crippen LogP) is 3.02. The highest BCUT2D eigenvalue weighted by atomic mass is 16.2. The van der Waals surface area contributed by atoms with Gasteiger partial charge < -0.3 is 9.80 Å². The first-order chi connectivity index (χ1) is 10.8. The molecule has 1 aromatic heterocycles. The fourth-order valence-electron chi connectivity index (χ4n) is 3.22. The summed E-state index contributed by atoms with van der Waals surface area (Å²) >= 11 is 0. The third-order valence-corrected chi connectivity index (χ3v) is 4.53. The molecule has 1 saturated carbocycles. The Labute approximate surface area is 130 Å². The van der Waals surface area contributed by atoms with Gasteiger partial charge in [0, 0.05) is 37.1 Å². The summed E-state index contributed by atoms with van der Waals surface area (Å²) < 4.78 is 0. The summed E-state index contributed by atoms with van der Waals surface area (Å²) in [4.78, 5) is 21.4. The molecular formula is C18H19N3O. The van der Waals surface area contributed by atoms with E-state index in [0.717, 1.165) is 29.9 Å². The van der Waals surface area contributed by atoms with Gasteiger partial charge in [-0.3, -0.25) is 9.78 Å². The zero-order chi connectivity index (χ0) is 15.1. The fraction of sp³-hybridized carbons (Fsp3) is 0.333. The molecule has 1 aromatic carbocycles. The van der Waals surface area contributed by atoms with Crippen molar-refractivity contribution in [3.05, 3.63) is 53.9 Å². The largest absolute Gasteiger partial charge is 0.365 e. The number of benzene rings is 1. The zero-order valence-electron chi connectivity index (χ0n) is 12.7. The van der Waals surface area contributed by atoms with Crippen LogP contribution < -0.4 is 9.80 Å². The maximum Gasteiger partial charge on any atom is 0.258 e. The molecule has 0 N–H and O–H groups in total. The fourth-order valence-corrected chi connectivity index (χ4v) is 3.22. The third-order valence-electron chi connectivity index (χ3n) is 4.53. The van der Waals surface area contributed by atoms with Gasteiger partial charge in [0.25, 0.3) is 5.91 Å². The summed E-state index contributed by atoms with van der Waals surface area (Å²) in [5, 5.41) is 0. The molecule has 1 fully saturated rings. The summed E-state index contributed by atoms with van der Waals surface area (Å²) in [6.07, 6.45) is 5.98. The Hall–Kier alpha value is -2.36. The number of carbonyl (C=O) groups is 1. The molecule has 2 aliphatic rings. The zero-order valence-corrected chi connectivity index (χ0v) is 12.7. The number of fused-ring (bicyclic) bond motifs is 1. The van der Waals surface area contributed by atoms with Crippen LogP contribution in [0.5, 0.6) is 0 Å². The second-order valence-corrected chi connectivity index (χ2v) is 6.06. The number of hydrogen-bond acceptors (Lipinski definition) is 3. The van der Waals surface area contributed by atoms with Crippen molar-refractivity contribution in [3.8, 4) is 0 Å². The van der Waals surface area contributed by atoms with Crippen molar-refractivity contribution in [2.24, 2.45) is 0 Å². The monoisotopic (exact) mass is 293 g/mol. The average Bonchev–Trinajstić information content (AvgIpc) is 3.38. The second-order valence-electron chi connectivity index (χ2n) is 6.06. The van der Waals surface area contributed by atoms with E-state index >= 15 is 0 Å². The van der Waals surface area contributed by atoms with Crippen LogP contribution in [0.4, 0.5) is 11.4 Å². The van der Waals surface area contributed by atoms with Gasteiger partial charge in [0.15, 0.2) is 0 Å². The molecule has 0 bridgehead atoms. The molecule has 0 spiro atoms. The molecule has 4 heteroatoms. The molecule has 1 aliphatic carbocycles. The molecule has 22 heavy (non-hydrogen) atoms. The number of para-hydroxylation sites is 2. The van der Waals surface area contributed by atoms with Crippen molar-refractivity contribution >= 4 is 17.3 Å². The molecule has 2 heterocycles. The third kappa shape index (κ3) is 2.15. The van der Waals surface area contributed by atoms with Gasteiger partial charge in [-0.15, -0.1) is 0 Å². The topological polar surface area (TPSA) is 36.4 Å². The van der Waals surface area contributed by atoms with Crippen LogP contribution in [0.25, 0.3) is 0 Å². The molecule has 1 aliphatic heterocycles. The van der Waals surface area contributed by atoms with Gasteiger partial charge in [0.1, 0.15) is 0 Å². The van der Waals surface area contributed by atoms with E-state index in [0.29, 0.717) is 6.04 Å². The first kappa shape index (κ1) is 13.3. The van der Waals surface area contributed by atoms with Gasteiger partial charge in [-0.25, -0.2) is 0 Å². The van der Waals surface area contributed by atoms with E-state index in [4.69, 9.17) is 0 Å². The van der Waals surface area contributed by atoms with Crippen molar-refractivity contribution in [3.63, 3.8) is 0 Å². The molecule has 0 atom stereocenters. The molecule has 4 rings (SSSR count). The van der Waals surface area contributed by atoms with E-state index in [1.165, 1.54) is 18.5 Å².